The van der Waals surface area contributed by atoms with Gasteiger partial charge in [0.25, 0.3) is 0 Å². The molecule has 1 atom stereocenters. The second-order valence-corrected chi connectivity index (χ2v) is 7.37. The van der Waals surface area contributed by atoms with Crippen LogP contribution >= 0.6 is 0 Å². The lowest BCUT2D eigenvalue weighted by molar-refractivity contribution is -0.0112. The van der Waals surface area contributed by atoms with E-state index in [9.17, 15) is 4.79 Å². The lowest BCUT2D eigenvalue weighted by atomic mass is 9.90. The first-order valence-electron chi connectivity index (χ1n) is 9.37. The van der Waals surface area contributed by atoms with Crippen LogP contribution in [-0.4, -0.2) is 67.4 Å². The molecule has 138 valence electrons. The van der Waals surface area contributed by atoms with Crippen molar-refractivity contribution in [3.05, 3.63) is 35.9 Å². The summed E-state index contributed by atoms with van der Waals surface area (Å²) in [5.74, 6) is 0. The van der Waals surface area contributed by atoms with E-state index >= 15 is 0 Å². The molecule has 1 aromatic rings. The molecule has 5 heteroatoms. The summed E-state index contributed by atoms with van der Waals surface area (Å²) in [6.45, 7) is 6.50. The maximum absolute atomic E-state index is 12.3. The molecule has 2 heterocycles. The fraction of sp³-hybridized carbons (Fsp3) is 0.650. The minimum Gasteiger partial charge on any atom is -0.441 e. The van der Waals surface area contributed by atoms with Crippen LogP contribution in [0.5, 0.6) is 0 Å². The SMILES string of the molecule is COCC[C@H](C)N1CCC2(CC1)CN(CCc1ccccc1)C(=O)O2. The summed E-state index contributed by atoms with van der Waals surface area (Å²) in [4.78, 5) is 16.7. The number of rotatable bonds is 7. The van der Waals surface area contributed by atoms with Gasteiger partial charge >= 0.3 is 6.09 Å². The number of hydrogen-bond acceptors (Lipinski definition) is 4. The van der Waals surface area contributed by atoms with E-state index in [-0.39, 0.29) is 11.7 Å². The Kier molecular flexibility index (Phi) is 5.97. The zero-order chi connectivity index (χ0) is 17.7. The van der Waals surface area contributed by atoms with Gasteiger partial charge in [-0.2, -0.15) is 0 Å². The summed E-state index contributed by atoms with van der Waals surface area (Å²) in [5, 5.41) is 0. The minimum absolute atomic E-state index is 0.142. The molecule has 2 aliphatic heterocycles. The zero-order valence-corrected chi connectivity index (χ0v) is 15.4. The van der Waals surface area contributed by atoms with Crippen molar-refractivity contribution in [3.63, 3.8) is 0 Å². The highest BCUT2D eigenvalue weighted by molar-refractivity contribution is 5.70. The number of piperidine rings is 1. The van der Waals surface area contributed by atoms with E-state index < -0.39 is 0 Å². The molecule has 3 rings (SSSR count). The van der Waals surface area contributed by atoms with Crippen molar-refractivity contribution in [3.8, 4) is 0 Å². The predicted molar refractivity (Wildman–Crippen MR) is 97.7 cm³/mol. The van der Waals surface area contributed by atoms with Gasteiger partial charge in [0.2, 0.25) is 0 Å². The molecule has 2 aliphatic rings. The quantitative estimate of drug-likeness (QED) is 0.761. The molecule has 0 aliphatic carbocycles. The van der Waals surface area contributed by atoms with E-state index in [1.165, 1.54) is 5.56 Å². The first kappa shape index (κ1) is 18.2. The van der Waals surface area contributed by atoms with Crippen LogP contribution in [0, 0.1) is 0 Å². The summed E-state index contributed by atoms with van der Waals surface area (Å²) in [6, 6.07) is 10.8. The van der Waals surface area contributed by atoms with E-state index in [1.807, 2.05) is 23.1 Å². The highest BCUT2D eigenvalue weighted by Gasteiger charge is 2.47. The first-order valence-corrected chi connectivity index (χ1v) is 9.37. The number of carbonyl (C=O) groups excluding carboxylic acids is 1. The zero-order valence-electron chi connectivity index (χ0n) is 15.4. The van der Waals surface area contributed by atoms with E-state index in [0.717, 1.165) is 58.5 Å². The summed E-state index contributed by atoms with van der Waals surface area (Å²) in [6.07, 6.45) is 3.64. The Morgan fingerprint density at radius 2 is 1.96 bits per heavy atom. The number of nitrogens with zero attached hydrogens (tertiary/aromatic N) is 2. The fourth-order valence-corrected chi connectivity index (χ4v) is 3.88. The van der Waals surface area contributed by atoms with E-state index in [0.29, 0.717) is 6.04 Å². The summed E-state index contributed by atoms with van der Waals surface area (Å²) in [5.41, 5.74) is 0.989. The Morgan fingerprint density at radius 3 is 2.64 bits per heavy atom. The third kappa shape index (κ3) is 4.53. The van der Waals surface area contributed by atoms with Crippen LogP contribution in [0.3, 0.4) is 0 Å². The molecule has 25 heavy (non-hydrogen) atoms. The fourth-order valence-electron chi connectivity index (χ4n) is 3.88. The summed E-state index contributed by atoms with van der Waals surface area (Å²) >= 11 is 0. The van der Waals surface area contributed by atoms with Crippen molar-refractivity contribution < 1.29 is 14.3 Å². The van der Waals surface area contributed by atoms with Crippen molar-refractivity contribution in [2.45, 2.75) is 44.2 Å². The van der Waals surface area contributed by atoms with Gasteiger partial charge in [-0.25, -0.2) is 4.79 Å². The average molecular weight is 346 g/mol. The highest BCUT2D eigenvalue weighted by Crippen LogP contribution is 2.34. The summed E-state index contributed by atoms with van der Waals surface area (Å²) in [7, 11) is 1.75. The molecule has 0 radical (unpaired) electrons. The van der Waals surface area contributed by atoms with Crippen LogP contribution in [0.1, 0.15) is 31.7 Å². The predicted octanol–water partition coefficient (Wildman–Crippen LogP) is 2.94. The van der Waals surface area contributed by atoms with Crippen molar-refractivity contribution in [1.82, 2.24) is 9.80 Å². The highest BCUT2D eigenvalue weighted by atomic mass is 16.6. The number of carbonyl (C=O) groups is 1. The van der Waals surface area contributed by atoms with Crippen LogP contribution in [0.4, 0.5) is 4.79 Å². The molecule has 0 unspecified atom stereocenters. The Hall–Kier alpha value is -1.59. The molecule has 2 saturated heterocycles. The lowest BCUT2D eigenvalue weighted by Crippen LogP contribution is -2.49. The van der Waals surface area contributed by atoms with Crippen LogP contribution in [0.2, 0.25) is 0 Å². The van der Waals surface area contributed by atoms with Crippen molar-refractivity contribution in [2.24, 2.45) is 0 Å². The number of methoxy groups -OCH3 is 1. The minimum atomic E-state index is -0.273. The van der Waals surface area contributed by atoms with Crippen molar-refractivity contribution in [1.29, 1.82) is 0 Å². The molecule has 5 nitrogen and oxygen atoms in total. The molecule has 0 saturated carbocycles. The molecule has 2 fully saturated rings. The number of amides is 1. The maximum Gasteiger partial charge on any atom is 0.410 e. The molecule has 0 N–H and O–H groups in total. The van der Waals surface area contributed by atoms with Gasteiger partial charge in [-0.05, 0) is 25.3 Å². The monoisotopic (exact) mass is 346 g/mol. The molecular formula is C20H30N2O3. The lowest BCUT2D eigenvalue weighted by Gasteiger charge is -2.40. The van der Waals surface area contributed by atoms with Gasteiger partial charge in [0.1, 0.15) is 5.60 Å². The van der Waals surface area contributed by atoms with E-state index in [4.69, 9.17) is 9.47 Å². The third-order valence-electron chi connectivity index (χ3n) is 5.63. The van der Waals surface area contributed by atoms with Crippen molar-refractivity contribution in [2.75, 3.05) is 39.9 Å². The maximum atomic E-state index is 12.3. The molecule has 1 spiro atoms. The molecule has 1 aromatic carbocycles. The Morgan fingerprint density at radius 1 is 1.24 bits per heavy atom. The normalized spacial score (nSPS) is 21.5. The van der Waals surface area contributed by atoms with E-state index in [2.05, 4.69) is 24.0 Å². The van der Waals surface area contributed by atoms with Crippen LogP contribution in [0.25, 0.3) is 0 Å². The van der Waals surface area contributed by atoms with Gasteiger partial charge < -0.3 is 19.3 Å². The van der Waals surface area contributed by atoms with E-state index in [1.54, 1.807) is 7.11 Å². The van der Waals surface area contributed by atoms with Gasteiger partial charge in [-0.3, -0.25) is 0 Å². The third-order valence-corrected chi connectivity index (χ3v) is 5.63. The van der Waals surface area contributed by atoms with Gasteiger partial charge in [0.05, 0.1) is 6.54 Å². The van der Waals surface area contributed by atoms with Gasteiger partial charge in [-0.15, -0.1) is 0 Å². The summed E-state index contributed by atoms with van der Waals surface area (Å²) < 4.78 is 11.0. The van der Waals surface area contributed by atoms with Crippen LogP contribution < -0.4 is 0 Å². The molecule has 1 amide bonds. The first-order chi connectivity index (χ1) is 12.1. The Labute approximate surface area is 150 Å². The molecular weight excluding hydrogens is 316 g/mol. The molecule has 0 aromatic heterocycles. The van der Waals surface area contributed by atoms with Crippen LogP contribution in [-0.2, 0) is 15.9 Å². The number of ether oxygens (including phenoxy) is 2. The van der Waals surface area contributed by atoms with Crippen molar-refractivity contribution >= 4 is 6.09 Å². The largest absolute Gasteiger partial charge is 0.441 e. The topological polar surface area (TPSA) is 42.0 Å². The number of benzene rings is 1. The second kappa shape index (κ2) is 8.19. The number of likely N-dealkylation sites (tertiary alicyclic amines) is 1. The Bertz CT molecular complexity index is 555. The van der Waals surface area contributed by atoms with Gasteiger partial charge in [-0.1, -0.05) is 30.3 Å². The van der Waals surface area contributed by atoms with Crippen LogP contribution in [0.15, 0.2) is 30.3 Å². The smallest absolute Gasteiger partial charge is 0.410 e. The second-order valence-electron chi connectivity index (χ2n) is 7.37. The Balaban J connectivity index is 1.49. The van der Waals surface area contributed by atoms with Gasteiger partial charge in [0, 0.05) is 52.2 Å². The average Bonchev–Trinajstić information content (AvgIpc) is 2.94. The number of hydrogen-bond donors (Lipinski definition) is 0. The molecule has 0 bridgehead atoms. The van der Waals surface area contributed by atoms with Gasteiger partial charge in [0.15, 0.2) is 0 Å². The standard InChI is InChI=1S/C20H30N2O3/c1-17(9-15-24-2)21-13-10-20(11-14-21)16-22(19(23)25-20)12-8-18-6-4-3-5-7-18/h3-7,17H,8-16H2,1-2H3/t17-/m0/s1.